The third kappa shape index (κ3) is 5.04. The van der Waals surface area contributed by atoms with Crippen molar-refractivity contribution in [3.05, 3.63) is 42.5 Å². The lowest BCUT2D eigenvalue weighted by atomic mass is 10.3. The molecule has 0 atom stereocenters. The smallest absolute Gasteiger partial charge is 0.119 e. The average molecular weight is 179 g/mol. The van der Waals surface area contributed by atoms with Crippen LogP contribution >= 0.6 is 0 Å². The molecule has 1 rings (SSSR count). The Morgan fingerprint density at radius 2 is 1.85 bits per heavy atom. The first kappa shape index (κ1) is 11.7. The van der Waals surface area contributed by atoms with Crippen LogP contribution in [0.1, 0.15) is 13.3 Å². The van der Waals surface area contributed by atoms with E-state index in [4.69, 9.17) is 4.74 Å². The molecule has 0 spiro atoms. The first-order valence-electron chi connectivity index (χ1n) is 4.26. The van der Waals surface area contributed by atoms with E-state index in [0.717, 1.165) is 12.2 Å². The highest BCUT2D eigenvalue weighted by Gasteiger charge is 1.85. The van der Waals surface area contributed by atoms with Gasteiger partial charge in [-0.25, -0.2) is 0 Å². The maximum absolute atomic E-state index is 5.42. The Balaban J connectivity index is 0.00000144. The van der Waals surface area contributed by atoms with Gasteiger partial charge in [0.2, 0.25) is 0 Å². The number of hydrogen-bond donors (Lipinski definition) is 1. The van der Waals surface area contributed by atoms with Crippen LogP contribution < -0.4 is 10.9 Å². The number of rotatable bonds is 4. The van der Waals surface area contributed by atoms with E-state index < -0.39 is 0 Å². The third-order valence-electron chi connectivity index (χ3n) is 1.49. The maximum Gasteiger partial charge on any atom is 0.119 e. The molecule has 72 valence electrons. The van der Waals surface area contributed by atoms with Gasteiger partial charge in [-0.3, -0.25) is 0 Å². The van der Waals surface area contributed by atoms with Gasteiger partial charge in [0.05, 0.1) is 0 Å². The van der Waals surface area contributed by atoms with Crippen molar-refractivity contribution in [2.45, 2.75) is 13.3 Å². The van der Waals surface area contributed by atoms with E-state index >= 15 is 0 Å². The van der Waals surface area contributed by atoms with E-state index in [-0.39, 0.29) is 6.15 Å². The van der Waals surface area contributed by atoms with Crippen molar-refractivity contribution < 1.29 is 4.74 Å². The summed E-state index contributed by atoms with van der Waals surface area (Å²) in [5.74, 6) is 0.929. The largest absolute Gasteiger partial charge is 0.490 e. The molecule has 0 aliphatic rings. The second-order valence-corrected chi connectivity index (χ2v) is 2.50. The summed E-state index contributed by atoms with van der Waals surface area (Å²) in [6, 6.07) is 9.84. The Bertz CT molecular complexity index is 231. The topological polar surface area (TPSA) is 44.2 Å². The Morgan fingerprint density at radius 3 is 2.46 bits per heavy atom. The molecular formula is C11H17NO. The Kier molecular flexibility index (Phi) is 6.65. The molecule has 1 aromatic rings. The lowest BCUT2D eigenvalue weighted by Crippen LogP contribution is -1.92. The molecule has 0 saturated heterocycles. The van der Waals surface area contributed by atoms with Gasteiger partial charge >= 0.3 is 0 Å². The van der Waals surface area contributed by atoms with E-state index in [0.29, 0.717) is 6.61 Å². The second-order valence-electron chi connectivity index (χ2n) is 2.50. The lowest BCUT2D eigenvalue weighted by molar-refractivity contribution is 0.362. The van der Waals surface area contributed by atoms with Crippen molar-refractivity contribution in [2.75, 3.05) is 6.61 Å². The third-order valence-corrected chi connectivity index (χ3v) is 1.49. The van der Waals surface area contributed by atoms with Crippen molar-refractivity contribution in [1.29, 1.82) is 0 Å². The van der Waals surface area contributed by atoms with Gasteiger partial charge in [0.15, 0.2) is 0 Å². The fourth-order valence-corrected chi connectivity index (χ4v) is 0.896. The minimum Gasteiger partial charge on any atom is -0.490 e. The van der Waals surface area contributed by atoms with Crippen LogP contribution in [0.3, 0.4) is 0 Å². The van der Waals surface area contributed by atoms with E-state index in [2.05, 4.69) is 13.0 Å². The van der Waals surface area contributed by atoms with E-state index in [9.17, 15) is 0 Å². The Hall–Kier alpha value is -1.28. The highest BCUT2D eigenvalue weighted by molar-refractivity contribution is 5.21. The standard InChI is InChI=1S/C11H14O.H3N/c1-2-3-7-10-12-11-8-5-4-6-9-11;/h3-9H,2,10H2,1H3;1H3. The van der Waals surface area contributed by atoms with Crippen LogP contribution in [0.4, 0.5) is 0 Å². The van der Waals surface area contributed by atoms with Gasteiger partial charge in [0.25, 0.3) is 0 Å². The molecule has 0 aromatic heterocycles. The molecule has 0 saturated carbocycles. The van der Waals surface area contributed by atoms with Crippen LogP contribution in [-0.4, -0.2) is 6.61 Å². The number of benzene rings is 1. The first-order valence-corrected chi connectivity index (χ1v) is 4.26. The van der Waals surface area contributed by atoms with Crippen LogP contribution in [0.5, 0.6) is 5.75 Å². The molecule has 2 heteroatoms. The minimum absolute atomic E-state index is 0. The van der Waals surface area contributed by atoms with Crippen LogP contribution in [0.25, 0.3) is 0 Å². The minimum atomic E-state index is 0. The molecule has 0 aliphatic carbocycles. The Labute approximate surface area is 79.8 Å². The summed E-state index contributed by atoms with van der Waals surface area (Å²) in [5, 5.41) is 0. The highest BCUT2D eigenvalue weighted by Crippen LogP contribution is 2.07. The van der Waals surface area contributed by atoms with Gasteiger partial charge in [-0.1, -0.05) is 37.3 Å². The maximum atomic E-state index is 5.42. The molecule has 13 heavy (non-hydrogen) atoms. The molecule has 0 aliphatic heterocycles. The lowest BCUT2D eigenvalue weighted by Gasteiger charge is -2.00. The molecule has 0 radical (unpaired) electrons. The van der Waals surface area contributed by atoms with Gasteiger partial charge in [0, 0.05) is 0 Å². The monoisotopic (exact) mass is 179 g/mol. The van der Waals surface area contributed by atoms with Gasteiger partial charge < -0.3 is 10.9 Å². The van der Waals surface area contributed by atoms with Crippen LogP contribution in [-0.2, 0) is 0 Å². The number of allylic oxidation sites excluding steroid dienone is 1. The first-order chi connectivity index (χ1) is 5.93. The van der Waals surface area contributed by atoms with Gasteiger partial charge in [-0.05, 0) is 18.6 Å². The van der Waals surface area contributed by atoms with Gasteiger partial charge in [0.1, 0.15) is 12.4 Å². The molecule has 2 nitrogen and oxygen atoms in total. The molecule has 3 N–H and O–H groups in total. The quantitative estimate of drug-likeness (QED) is 0.721. The van der Waals surface area contributed by atoms with E-state index in [1.54, 1.807) is 0 Å². The Morgan fingerprint density at radius 1 is 1.15 bits per heavy atom. The summed E-state index contributed by atoms with van der Waals surface area (Å²) >= 11 is 0. The summed E-state index contributed by atoms with van der Waals surface area (Å²) in [6.45, 7) is 2.77. The van der Waals surface area contributed by atoms with Crippen LogP contribution in [0.2, 0.25) is 0 Å². The molecule has 0 fully saturated rings. The fraction of sp³-hybridized carbons (Fsp3) is 0.273. The average Bonchev–Trinajstić information content (AvgIpc) is 2.14. The van der Waals surface area contributed by atoms with Crippen molar-refractivity contribution in [1.82, 2.24) is 6.15 Å². The van der Waals surface area contributed by atoms with Crippen molar-refractivity contribution >= 4 is 0 Å². The zero-order valence-corrected chi connectivity index (χ0v) is 8.07. The zero-order chi connectivity index (χ0) is 8.65. The van der Waals surface area contributed by atoms with E-state index in [1.807, 2.05) is 36.4 Å². The summed E-state index contributed by atoms with van der Waals surface area (Å²) in [6.07, 6.45) is 5.20. The van der Waals surface area contributed by atoms with Crippen LogP contribution in [0.15, 0.2) is 42.5 Å². The predicted molar refractivity (Wildman–Crippen MR) is 56.4 cm³/mol. The van der Waals surface area contributed by atoms with Crippen molar-refractivity contribution in [3.8, 4) is 5.75 Å². The summed E-state index contributed by atoms with van der Waals surface area (Å²) < 4.78 is 5.42. The van der Waals surface area contributed by atoms with Crippen molar-refractivity contribution in [2.24, 2.45) is 0 Å². The summed E-state index contributed by atoms with van der Waals surface area (Å²) in [7, 11) is 0. The summed E-state index contributed by atoms with van der Waals surface area (Å²) in [5.41, 5.74) is 0. The zero-order valence-electron chi connectivity index (χ0n) is 8.07. The van der Waals surface area contributed by atoms with Crippen LogP contribution in [0, 0.1) is 0 Å². The predicted octanol–water partition coefficient (Wildman–Crippen LogP) is 3.19. The second kappa shape index (κ2) is 7.37. The molecule has 0 heterocycles. The normalized spacial score (nSPS) is 9.62. The number of hydrogen-bond acceptors (Lipinski definition) is 2. The van der Waals surface area contributed by atoms with E-state index in [1.165, 1.54) is 0 Å². The molecular weight excluding hydrogens is 162 g/mol. The van der Waals surface area contributed by atoms with Crippen molar-refractivity contribution in [3.63, 3.8) is 0 Å². The molecule has 0 amide bonds. The molecule has 1 aromatic carbocycles. The molecule has 0 bridgehead atoms. The molecule has 0 unspecified atom stereocenters. The van der Waals surface area contributed by atoms with Gasteiger partial charge in [-0.2, -0.15) is 0 Å². The summed E-state index contributed by atoms with van der Waals surface area (Å²) in [4.78, 5) is 0. The SMILES string of the molecule is CCC=CCOc1ccccc1.N. The fourth-order valence-electron chi connectivity index (χ4n) is 0.896. The number of para-hydroxylation sites is 1. The number of ether oxygens (including phenoxy) is 1. The van der Waals surface area contributed by atoms with Gasteiger partial charge in [-0.15, -0.1) is 0 Å². The highest BCUT2D eigenvalue weighted by atomic mass is 16.5.